The largest absolute Gasteiger partial charge is 0.450 e. The van der Waals surface area contributed by atoms with Crippen molar-refractivity contribution in [2.45, 2.75) is 32.2 Å². The maximum Gasteiger partial charge on any atom is 0.409 e. The van der Waals surface area contributed by atoms with Crippen molar-refractivity contribution < 1.29 is 14.3 Å². The average Bonchev–Trinajstić information content (AvgIpc) is 2.80. The number of carbonyl (C=O) groups excluding carboxylic acids is 2. The molecule has 0 bridgehead atoms. The molecule has 2 saturated heterocycles. The number of hydrogen-bond acceptors (Lipinski definition) is 7. The molecule has 3 heterocycles. The van der Waals surface area contributed by atoms with Crippen LogP contribution in [0.1, 0.15) is 26.2 Å². The number of aromatic nitrogens is 2. The Bertz CT molecular complexity index is 750. The third-order valence-corrected chi connectivity index (χ3v) is 5.45. The lowest BCUT2D eigenvalue weighted by atomic mass is 10.1. The van der Waals surface area contributed by atoms with Gasteiger partial charge in [-0.3, -0.25) is 9.79 Å². The minimum absolute atomic E-state index is 0. The predicted octanol–water partition coefficient (Wildman–Crippen LogP) is 0.659. The summed E-state index contributed by atoms with van der Waals surface area (Å²) in [4.78, 5) is 42.7. The van der Waals surface area contributed by atoms with Crippen LogP contribution in [0.15, 0.2) is 23.5 Å². The van der Waals surface area contributed by atoms with E-state index in [-0.39, 0.29) is 42.0 Å². The molecule has 2 aliphatic rings. The fourth-order valence-electron chi connectivity index (χ4n) is 3.72. The molecule has 32 heavy (non-hydrogen) atoms. The molecular weight excluding hydrogens is 527 g/mol. The summed E-state index contributed by atoms with van der Waals surface area (Å²) in [6.07, 6.45) is 5.07. The number of piperazine rings is 1. The van der Waals surface area contributed by atoms with Gasteiger partial charge < -0.3 is 30.5 Å². The van der Waals surface area contributed by atoms with Crippen LogP contribution in [-0.4, -0.2) is 96.2 Å². The lowest BCUT2D eigenvalue weighted by Crippen LogP contribution is -2.49. The van der Waals surface area contributed by atoms with Gasteiger partial charge in [-0.1, -0.05) is 0 Å². The molecule has 0 atom stereocenters. The summed E-state index contributed by atoms with van der Waals surface area (Å²) < 4.78 is 5.02. The van der Waals surface area contributed by atoms with Crippen molar-refractivity contribution in [2.24, 2.45) is 10.7 Å². The number of anilines is 1. The number of hydrogen-bond donors (Lipinski definition) is 2. The number of guanidine groups is 1. The summed E-state index contributed by atoms with van der Waals surface area (Å²) in [6.45, 7) is 6.51. The van der Waals surface area contributed by atoms with Crippen molar-refractivity contribution in [1.82, 2.24) is 25.1 Å². The van der Waals surface area contributed by atoms with Crippen LogP contribution in [0.3, 0.4) is 0 Å². The number of likely N-dealkylation sites (tertiary alicyclic amines) is 1. The Morgan fingerprint density at radius 1 is 1.12 bits per heavy atom. The molecule has 2 amide bonds. The number of nitrogens with one attached hydrogen (secondary N) is 1. The minimum Gasteiger partial charge on any atom is -0.450 e. The summed E-state index contributed by atoms with van der Waals surface area (Å²) in [5, 5.41) is 3.19. The first kappa shape index (κ1) is 25.9. The van der Waals surface area contributed by atoms with Crippen molar-refractivity contribution in [3.8, 4) is 0 Å². The van der Waals surface area contributed by atoms with Crippen molar-refractivity contribution in [2.75, 3.05) is 57.3 Å². The van der Waals surface area contributed by atoms with Crippen LogP contribution in [0, 0.1) is 0 Å². The Balaban J connectivity index is 0.00000363. The third kappa shape index (κ3) is 7.64. The molecule has 11 nitrogen and oxygen atoms in total. The number of nitrogens with two attached hydrogens (primary N) is 1. The Morgan fingerprint density at radius 2 is 1.78 bits per heavy atom. The van der Waals surface area contributed by atoms with Gasteiger partial charge in [-0.15, -0.1) is 24.0 Å². The highest BCUT2D eigenvalue weighted by atomic mass is 127. The first-order chi connectivity index (χ1) is 15.1. The Hall–Kier alpha value is -2.38. The lowest BCUT2D eigenvalue weighted by molar-refractivity contribution is -0.131. The number of rotatable bonds is 6. The molecule has 2 aliphatic heterocycles. The van der Waals surface area contributed by atoms with Crippen LogP contribution in [0.25, 0.3) is 0 Å². The van der Waals surface area contributed by atoms with Gasteiger partial charge in [0.1, 0.15) is 0 Å². The van der Waals surface area contributed by atoms with Crippen LogP contribution >= 0.6 is 24.0 Å². The molecule has 1 aromatic heterocycles. The number of carbonyl (C=O) groups is 2. The molecule has 1 aromatic rings. The predicted molar refractivity (Wildman–Crippen MR) is 132 cm³/mol. The van der Waals surface area contributed by atoms with Gasteiger partial charge in [0, 0.05) is 64.1 Å². The smallest absolute Gasteiger partial charge is 0.409 e. The molecular formula is C20H33IN8O3. The number of amides is 2. The van der Waals surface area contributed by atoms with Gasteiger partial charge in [-0.05, 0) is 25.8 Å². The van der Waals surface area contributed by atoms with Crippen LogP contribution in [0.5, 0.6) is 0 Å². The van der Waals surface area contributed by atoms with E-state index in [1.807, 2.05) is 4.90 Å². The van der Waals surface area contributed by atoms with E-state index in [1.165, 1.54) is 0 Å². The number of nitrogens with zero attached hydrogens (tertiary/aromatic N) is 6. The zero-order chi connectivity index (χ0) is 22.1. The number of halogens is 1. The van der Waals surface area contributed by atoms with Crippen LogP contribution in [0.2, 0.25) is 0 Å². The Morgan fingerprint density at radius 3 is 2.41 bits per heavy atom. The van der Waals surface area contributed by atoms with E-state index in [2.05, 4.69) is 25.2 Å². The number of piperidine rings is 1. The first-order valence-electron chi connectivity index (χ1n) is 10.8. The maximum absolute atomic E-state index is 12.5. The topological polar surface area (TPSA) is 129 Å². The SMILES string of the molecule is CCOC(=O)N1CCC(NC(N)=NCCC(=O)N2CCN(c3ncccn3)CC2)CC1.I. The van der Waals surface area contributed by atoms with Crippen LogP contribution < -0.4 is 16.0 Å². The molecule has 0 unspecified atom stereocenters. The Kier molecular flexibility index (Phi) is 10.7. The van der Waals surface area contributed by atoms with E-state index in [0.717, 1.165) is 12.8 Å². The van der Waals surface area contributed by atoms with Gasteiger partial charge in [-0.25, -0.2) is 14.8 Å². The molecule has 0 radical (unpaired) electrons. The van der Waals surface area contributed by atoms with Gasteiger partial charge in [0.05, 0.1) is 13.2 Å². The zero-order valence-electron chi connectivity index (χ0n) is 18.5. The molecule has 0 spiro atoms. The summed E-state index contributed by atoms with van der Waals surface area (Å²) >= 11 is 0. The molecule has 3 N–H and O–H groups in total. The molecule has 0 aromatic carbocycles. The number of ether oxygens (including phenoxy) is 1. The summed E-state index contributed by atoms with van der Waals surface area (Å²) in [6, 6.07) is 1.95. The normalized spacial score (nSPS) is 17.5. The highest BCUT2D eigenvalue weighted by Crippen LogP contribution is 2.12. The third-order valence-electron chi connectivity index (χ3n) is 5.45. The van der Waals surface area contributed by atoms with Crippen molar-refractivity contribution in [3.05, 3.63) is 18.5 Å². The van der Waals surface area contributed by atoms with Gasteiger partial charge in [-0.2, -0.15) is 0 Å². The van der Waals surface area contributed by atoms with Crippen molar-refractivity contribution in [1.29, 1.82) is 0 Å². The van der Waals surface area contributed by atoms with E-state index in [0.29, 0.717) is 70.7 Å². The van der Waals surface area contributed by atoms with Crippen LogP contribution in [0.4, 0.5) is 10.7 Å². The van der Waals surface area contributed by atoms with Gasteiger partial charge in [0.15, 0.2) is 5.96 Å². The fraction of sp³-hybridized carbons (Fsp3) is 0.650. The van der Waals surface area contributed by atoms with E-state index < -0.39 is 0 Å². The van der Waals surface area contributed by atoms with Crippen LogP contribution in [-0.2, 0) is 9.53 Å². The second-order valence-corrected chi connectivity index (χ2v) is 7.54. The highest BCUT2D eigenvalue weighted by molar-refractivity contribution is 14.0. The molecule has 0 saturated carbocycles. The van der Waals surface area contributed by atoms with Crippen molar-refractivity contribution in [3.63, 3.8) is 0 Å². The van der Waals surface area contributed by atoms with Crippen molar-refractivity contribution >= 4 is 47.9 Å². The highest BCUT2D eigenvalue weighted by Gasteiger charge is 2.24. The van der Waals surface area contributed by atoms with E-state index in [1.54, 1.807) is 30.3 Å². The second-order valence-electron chi connectivity index (χ2n) is 7.54. The van der Waals surface area contributed by atoms with Gasteiger partial charge in [0.2, 0.25) is 11.9 Å². The van der Waals surface area contributed by atoms with Gasteiger partial charge >= 0.3 is 6.09 Å². The lowest BCUT2D eigenvalue weighted by Gasteiger charge is -2.34. The summed E-state index contributed by atoms with van der Waals surface area (Å²) in [5.74, 6) is 1.12. The molecule has 2 fully saturated rings. The quantitative estimate of drug-likeness (QED) is 0.295. The monoisotopic (exact) mass is 560 g/mol. The van der Waals surface area contributed by atoms with Gasteiger partial charge in [0.25, 0.3) is 0 Å². The first-order valence-corrected chi connectivity index (χ1v) is 10.8. The van der Waals surface area contributed by atoms with E-state index in [9.17, 15) is 9.59 Å². The molecule has 3 rings (SSSR count). The maximum atomic E-state index is 12.5. The molecule has 0 aliphatic carbocycles. The summed E-state index contributed by atoms with van der Waals surface area (Å²) in [7, 11) is 0. The second kappa shape index (κ2) is 13.2. The Labute approximate surface area is 205 Å². The standard InChI is InChI=1S/C20H32N8O3.HI/c1-2-31-20(30)28-10-5-16(6-11-28)25-18(21)22-9-4-17(29)26-12-14-27(15-13-26)19-23-7-3-8-24-19;/h3,7-8,16H,2,4-6,9-15H2,1H3,(H3,21,22,25);1H. The van der Waals surface area contributed by atoms with E-state index >= 15 is 0 Å². The summed E-state index contributed by atoms with van der Waals surface area (Å²) in [5.41, 5.74) is 5.98. The number of aliphatic imine (C=N–C) groups is 1. The minimum atomic E-state index is -0.266. The molecule has 178 valence electrons. The average molecular weight is 560 g/mol. The molecule has 12 heteroatoms. The zero-order valence-corrected chi connectivity index (χ0v) is 20.8. The fourth-order valence-corrected chi connectivity index (χ4v) is 3.72. The van der Waals surface area contributed by atoms with E-state index in [4.69, 9.17) is 10.5 Å².